The molecule has 1 aliphatic rings. The smallest absolute Gasteiger partial charge is 0.251 e. The number of unbranched alkanes of at least 4 members (excludes halogenated alkanes) is 1. The van der Waals surface area contributed by atoms with Crippen LogP contribution in [0.1, 0.15) is 65.5 Å². The first-order valence-electron chi connectivity index (χ1n) is 15.5. The van der Waals surface area contributed by atoms with Crippen molar-refractivity contribution < 1.29 is 23.4 Å². The average molecular weight is 615 g/mol. The fourth-order valence-corrected chi connectivity index (χ4v) is 5.82. The zero-order valence-electron chi connectivity index (χ0n) is 25.8. The Balaban J connectivity index is 1.38. The lowest BCUT2D eigenvalue weighted by Gasteiger charge is -2.27. The first-order valence-corrected chi connectivity index (χ1v) is 15.5. The van der Waals surface area contributed by atoms with Crippen LogP contribution in [-0.4, -0.2) is 53.0 Å². The molecule has 4 aromatic rings. The first kappa shape index (κ1) is 32.3. The summed E-state index contributed by atoms with van der Waals surface area (Å²) < 4.78 is 35.6. The summed E-state index contributed by atoms with van der Waals surface area (Å²) in [6.45, 7) is 3.57. The summed E-state index contributed by atoms with van der Waals surface area (Å²) in [7, 11) is 1.65. The van der Waals surface area contributed by atoms with Crippen molar-refractivity contribution in [3.05, 3.63) is 100 Å². The standard InChI is InChI=1S/C36H40F2N4O3/c1-4-6-15-42-32-21-26(10-11-30(32)40-34(42)12-16-45-3)35(44)41-31(20-25-18-28(37)22-29(38)19-25)33(43)23-39-36(13-14-36)27-9-7-8-24(5-2)17-27/h2,7-11,17-19,21-22,31,33,39,43H,4,6,12-16,20,23H2,1,3H3,(H,41,44)/t31-,33+/m0/s1. The van der Waals surface area contributed by atoms with Crippen LogP contribution in [0, 0.1) is 24.0 Å². The van der Waals surface area contributed by atoms with Crippen LogP contribution in [-0.2, 0) is 29.7 Å². The van der Waals surface area contributed by atoms with Gasteiger partial charge in [0.25, 0.3) is 5.91 Å². The van der Waals surface area contributed by atoms with Gasteiger partial charge in [-0.3, -0.25) is 4.79 Å². The van der Waals surface area contributed by atoms with Crippen molar-refractivity contribution in [2.45, 2.75) is 69.7 Å². The minimum absolute atomic E-state index is 0.0285. The molecule has 0 bridgehead atoms. The number of aryl methyl sites for hydroxylation is 1. The molecule has 1 heterocycles. The van der Waals surface area contributed by atoms with E-state index in [4.69, 9.17) is 16.1 Å². The van der Waals surface area contributed by atoms with Crippen molar-refractivity contribution in [2.75, 3.05) is 20.3 Å². The molecule has 3 aromatic carbocycles. The molecule has 45 heavy (non-hydrogen) atoms. The van der Waals surface area contributed by atoms with Crippen molar-refractivity contribution >= 4 is 16.9 Å². The van der Waals surface area contributed by atoms with E-state index >= 15 is 0 Å². The molecule has 1 aromatic heterocycles. The topological polar surface area (TPSA) is 88.4 Å². The highest BCUT2D eigenvalue weighted by Crippen LogP contribution is 2.45. The molecule has 9 heteroatoms. The van der Waals surface area contributed by atoms with Crippen LogP contribution in [0.15, 0.2) is 60.7 Å². The van der Waals surface area contributed by atoms with Crippen molar-refractivity contribution in [1.29, 1.82) is 0 Å². The van der Waals surface area contributed by atoms with Gasteiger partial charge in [-0.2, -0.15) is 0 Å². The third kappa shape index (κ3) is 7.77. The number of benzene rings is 3. The van der Waals surface area contributed by atoms with E-state index in [0.29, 0.717) is 24.2 Å². The van der Waals surface area contributed by atoms with Gasteiger partial charge in [-0.25, -0.2) is 13.8 Å². The van der Waals surface area contributed by atoms with Crippen LogP contribution in [0.2, 0.25) is 0 Å². The fraction of sp³-hybridized carbons (Fsp3) is 0.389. The van der Waals surface area contributed by atoms with Crippen LogP contribution in [0.25, 0.3) is 11.0 Å². The number of nitrogens with zero attached hydrogens (tertiary/aromatic N) is 2. The lowest BCUT2D eigenvalue weighted by Crippen LogP contribution is -2.50. The van der Waals surface area contributed by atoms with Gasteiger partial charge in [0.05, 0.1) is 29.8 Å². The largest absolute Gasteiger partial charge is 0.390 e. The molecule has 2 atom stereocenters. The number of amides is 1. The van der Waals surface area contributed by atoms with Crippen molar-refractivity contribution in [2.24, 2.45) is 0 Å². The average Bonchev–Trinajstić information content (AvgIpc) is 3.75. The molecule has 0 radical (unpaired) electrons. The summed E-state index contributed by atoms with van der Waals surface area (Å²) in [6.07, 6.45) is 8.93. The molecule has 1 saturated carbocycles. The van der Waals surface area contributed by atoms with Crippen molar-refractivity contribution in [3.63, 3.8) is 0 Å². The Labute approximate surface area is 263 Å². The van der Waals surface area contributed by atoms with E-state index in [9.17, 15) is 18.7 Å². The Morgan fingerprint density at radius 1 is 1.16 bits per heavy atom. The normalized spacial score (nSPS) is 15.0. The number of nitrogens with one attached hydrogen (secondary N) is 2. The number of methoxy groups -OCH3 is 1. The molecular formula is C36H40F2N4O3. The Morgan fingerprint density at radius 3 is 2.62 bits per heavy atom. The number of halogens is 2. The summed E-state index contributed by atoms with van der Waals surface area (Å²) >= 11 is 0. The third-order valence-corrected chi connectivity index (χ3v) is 8.49. The zero-order valence-corrected chi connectivity index (χ0v) is 25.8. The molecule has 1 aliphatic carbocycles. The maximum atomic E-state index is 14.1. The second-order valence-electron chi connectivity index (χ2n) is 11.8. The number of aromatic nitrogens is 2. The first-order chi connectivity index (χ1) is 21.7. The number of ether oxygens (including phenoxy) is 1. The number of hydrogen-bond donors (Lipinski definition) is 3. The van der Waals surface area contributed by atoms with Crippen molar-refractivity contribution in [1.82, 2.24) is 20.2 Å². The van der Waals surface area contributed by atoms with E-state index in [1.165, 1.54) is 12.1 Å². The SMILES string of the molecule is C#Cc1cccc(C2(NC[C@@H](O)[C@H](Cc3cc(F)cc(F)c3)NC(=O)c3ccc4nc(CCOC)n(CCCC)c4c3)CC2)c1. The van der Waals surface area contributed by atoms with Gasteiger partial charge >= 0.3 is 0 Å². The molecule has 5 rings (SSSR count). The van der Waals surface area contributed by atoms with Crippen molar-refractivity contribution in [3.8, 4) is 12.3 Å². The van der Waals surface area contributed by atoms with E-state index in [1.54, 1.807) is 13.2 Å². The van der Waals surface area contributed by atoms with Gasteiger partial charge in [0.2, 0.25) is 0 Å². The van der Waals surface area contributed by atoms with Gasteiger partial charge < -0.3 is 25.0 Å². The number of aliphatic hydroxyl groups is 1. The fourth-order valence-electron chi connectivity index (χ4n) is 5.82. The molecular weight excluding hydrogens is 574 g/mol. The molecule has 3 N–H and O–H groups in total. The van der Waals surface area contributed by atoms with E-state index in [2.05, 4.69) is 28.0 Å². The minimum atomic E-state index is -1.06. The number of fused-ring (bicyclic) bond motifs is 1. The Bertz CT molecular complexity index is 1670. The highest BCUT2D eigenvalue weighted by atomic mass is 19.1. The van der Waals surface area contributed by atoms with Gasteiger partial charge in [0.1, 0.15) is 17.5 Å². The number of carbonyl (C=O) groups excluding carboxylic acids is 1. The van der Waals surface area contributed by atoms with Crippen LogP contribution in [0.4, 0.5) is 8.78 Å². The molecule has 7 nitrogen and oxygen atoms in total. The van der Waals surface area contributed by atoms with E-state index in [1.807, 2.05) is 36.4 Å². The van der Waals surface area contributed by atoms with E-state index in [0.717, 1.165) is 66.3 Å². The molecule has 236 valence electrons. The van der Waals surface area contributed by atoms with Crippen LogP contribution in [0.5, 0.6) is 0 Å². The second kappa shape index (κ2) is 14.3. The van der Waals surface area contributed by atoms with Gasteiger partial charge in [-0.1, -0.05) is 31.4 Å². The number of aliphatic hydroxyl groups excluding tert-OH is 1. The second-order valence-corrected chi connectivity index (χ2v) is 11.8. The molecule has 0 unspecified atom stereocenters. The van der Waals surface area contributed by atoms with E-state index in [-0.39, 0.29) is 18.5 Å². The predicted octanol–water partition coefficient (Wildman–Crippen LogP) is 5.27. The van der Waals surface area contributed by atoms with Gasteiger partial charge in [0.15, 0.2) is 0 Å². The molecule has 1 amide bonds. The Hall–Kier alpha value is -4.10. The lowest BCUT2D eigenvalue weighted by molar-refractivity contribution is 0.0822. The molecule has 0 saturated heterocycles. The molecule has 1 fully saturated rings. The summed E-state index contributed by atoms with van der Waals surface area (Å²) in [5, 5.41) is 17.8. The third-order valence-electron chi connectivity index (χ3n) is 8.49. The number of hydrogen-bond acceptors (Lipinski definition) is 5. The molecule has 0 spiro atoms. The quantitative estimate of drug-likeness (QED) is 0.159. The zero-order chi connectivity index (χ0) is 32.0. The van der Waals surface area contributed by atoms with Gasteiger partial charge in [-0.15, -0.1) is 6.42 Å². The monoisotopic (exact) mass is 614 g/mol. The summed E-state index contributed by atoms with van der Waals surface area (Å²) in [5.74, 6) is 1.72. The summed E-state index contributed by atoms with van der Waals surface area (Å²) in [5.41, 5.74) is 3.85. The van der Waals surface area contributed by atoms with Crippen LogP contribution in [0.3, 0.4) is 0 Å². The maximum Gasteiger partial charge on any atom is 0.251 e. The number of carbonyl (C=O) groups is 1. The van der Waals surface area contributed by atoms with Crippen LogP contribution >= 0.6 is 0 Å². The minimum Gasteiger partial charge on any atom is -0.390 e. The maximum absolute atomic E-state index is 14.1. The summed E-state index contributed by atoms with van der Waals surface area (Å²) in [4.78, 5) is 18.5. The van der Waals surface area contributed by atoms with Gasteiger partial charge in [0, 0.05) is 49.4 Å². The van der Waals surface area contributed by atoms with Crippen LogP contribution < -0.4 is 10.6 Å². The Kier molecular flexibility index (Phi) is 10.3. The van der Waals surface area contributed by atoms with Gasteiger partial charge in [-0.05, 0) is 79.3 Å². The van der Waals surface area contributed by atoms with E-state index < -0.39 is 29.7 Å². The highest BCUT2D eigenvalue weighted by molar-refractivity contribution is 5.97. The highest BCUT2D eigenvalue weighted by Gasteiger charge is 2.44. The number of imidazole rings is 1. The summed E-state index contributed by atoms with van der Waals surface area (Å²) in [6, 6.07) is 15.5. The number of rotatable bonds is 15. The predicted molar refractivity (Wildman–Crippen MR) is 171 cm³/mol. The number of terminal acetylenes is 1. The molecule has 0 aliphatic heterocycles. The lowest BCUT2D eigenvalue weighted by atomic mass is 9.98. The Morgan fingerprint density at radius 2 is 1.93 bits per heavy atom.